The maximum absolute atomic E-state index is 3.77. The lowest BCUT2D eigenvalue weighted by atomic mass is 9.66. The van der Waals surface area contributed by atoms with Gasteiger partial charge in [-0.3, -0.25) is 0 Å². The van der Waals surface area contributed by atoms with Gasteiger partial charge in [0, 0.05) is 15.4 Å². The molecule has 2 saturated carbocycles. The summed E-state index contributed by atoms with van der Waals surface area (Å²) in [6, 6.07) is 2.77. The van der Waals surface area contributed by atoms with Crippen molar-refractivity contribution in [1.82, 2.24) is 5.32 Å². The van der Waals surface area contributed by atoms with Crippen molar-refractivity contribution in [2.24, 2.45) is 17.8 Å². The average Bonchev–Trinajstić information content (AvgIpc) is 2.90. The molecule has 1 aromatic heterocycles. The summed E-state index contributed by atoms with van der Waals surface area (Å²) < 4.78 is 1.30. The molecule has 0 aromatic carbocycles. The van der Waals surface area contributed by atoms with Gasteiger partial charge in [0.05, 0.1) is 0 Å². The van der Waals surface area contributed by atoms with E-state index in [0.29, 0.717) is 6.04 Å². The third-order valence-electron chi connectivity index (χ3n) is 5.40. The first-order valence-corrected chi connectivity index (χ1v) is 9.93. The van der Waals surface area contributed by atoms with Crippen molar-refractivity contribution in [2.45, 2.75) is 57.9 Å². The number of thiophene rings is 1. The Hall–Kier alpha value is 0.140. The van der Waals surface area contributed by atoms with Gasteiger partial charge < -0.3 is 5.32 Å². The quantitative estimate of drug-likeness (QED) is 0.722. The fourth-order valence-corrected chi connectivity index (χ4v) is 6.22. The summed E-state index contributed by atoms with van der Waals surface area (Å²) in [5, 5.41) is 5.99. The molecule has 1 nitrogen and oxygen atoms in total. The van der Waals surface area contributed by atoms with Crippen molar-refractivity contribution in [3.8, 4) is 0 Å². The monoisotopic (exact) mass is 355 g/mol. The number of hydrogen-bond donors (Lipinski definition) is 1. The summed E-state index contributed by atoms with van der Waals surface area (Å²) in [5.74, 6) is 2.90. The van der Waals surface area contributed by atoms with E-state index in [1.165, 1.54) is 54.3 Å². The third-order valence-corrected chi connectivity index (χ3v) is 7.36. The van der Waals surface area contributed by atoms with E-state index in [2.05, 4.69) is 39.6 Å². The van der Waals surface area contributed by atoms with Crippen LogP contribution in [0.2, 0.25) is 0 Å². The molecule has 0 spiro atoms. The van der Waals surface area contributed by atoms with Crippen molar-refractivity contribution in [2.75, 3.05) is 6.54 Å². The third kappa shape index (κ3) is 3.15. The fourth-order valence-electron chi connectivity index (χ4n) is 4.43. The van der Waals surface area contributed by atoms with Gasteiger partial charge in [0.2, 0.25) is 0 Å². The summed E-state index contributed by atoms with van der Waals surface area (Å²) in [6.45, 7) is 3.31. The van der Waals surface area contributed by atoms with E-state index >= 15 is 0 Å². The maximum Gasteiger partial charge on any atom is 0.0454 e. The molecule has 2 fully saturated rings. The zero-order valence-corrected chi connectivity index (χ0v) is 14.8. The maximum atomic E-state index is 3.77. The summed E-state index contributed by atoms with van der Waals surface area (Å²) in [4.78, 5) is 1.52. The molecule has 1 N–H and O–H groups in total. The van der Waals surface area contributed by atoms with E-state index in [9.17, 15) is 0 Å². The van der Waals surface area contributed by atoms with Crippen molar-refractivity contribution in [1.29, 1.82) is 0 Å². The normalized spacial score (nSPS) is 31.8. The Morgan fingerprint density at radius 2 is 2.05 bits per heavy atom. The Morgan fingerprint density at radius 1 is 1.25 bits per heavy atom. The molecule has 2 aliphatic rings. The zero-order chi connectivity index (χ0) is 13.9. The molecule has 4 unspecified atom stereocenters. The first-order chi connectivity index (χ1) is 9.79. The van der Waals surface area contributed by atoms with Gasteiger partial charge in [-0.05, 0) is 70.9 Å². The van der Waals surface area contributed by atoms with Gasteiger partial charge in [-0.2, -0.15) is 0 Å². The molecule has 4 atom stereocenters. The molecule has 0 aliphatic heterocycles. The minimum absolute atomic E-state index is 0.567. The van der Waals surface area contributed by atoms with Crippen molar-refractivity contribution in [3.63, 3.8) is 0 Å². The van der Waals surface area contributed by atoms with E-state index in [4.69, 9.17) is 0 Å². The molecule has 2 aliphatic carbocycles. The summed E-state index contributed by atoms with van der Waals surface area (Å²) in [7, 11) is 0. The van der Waals surface area contributed by atoms with Crippen LogP contribution in [0.3, 0.4) is 0 Å². The lowest BCUT2D eigenvalue weighted by Crippen LogP contribution is -2.35. The number of fused-ring (bicyclic) bond motifs is 1. The van der Waals surface area contributed by atoms with E-state index < -0.39 is 0 Å². The zero-order valence-electron chi connectivity index (χ0n) is 12.4. The molecule has 3 rings (SSSR count). The van der Waals surface area contributed by atoms with E-state index in [1.807, 2.05) is 11.3 Å². The second kappa shape index (κ2) is 6.93. The largest absolute Gasteiger partial charge is 0.309 e. The number of rotatable bonds is 4. The Labute approximate surface area is 135 Å². The highest BCUT2D eigenvalue weighted by Crippen LogP contribution is 2.47. The first kappa shape index (κ1) is 15.1. The lowest BCUT2D eigenvalue weighted by Gasteiger charge is -2.42. The van der Waals surface area contributed by atoms with Crippen LogP contribution >= 0.6 is 27.3 Å². The second-order valence-corrected chi connectivity index (χ2v) is 8.35. The Morgan fingerprint density at radius 3 is 2.75 bits per heavy atom. The van der Waals surface area contributed by atoms with Gasteiger partial charge in [0.15, 0.2) is 0 Å². The van der Waals surface area contributed by atoms with Crippen molar-refractivity contribution in [3.05, 3.63) is 20.8 Å². The van der Waals surface area contributed by atoms with Crippen molar-refractivity contribution >= 4 is 27.3 Å². The standard InChI is InChI=1S/C17H26BrNS/c1-2-19-16(17-15(18)9-10-20-17)14-8-7-12-5-3-4-6-13(12)11-14/h9-10,12-14,16,19H,2-8,11H2,1H3. The van der Waals surface area contributed by atoms with Crippen LogP contribution in [-0.2, 0) is 0 Å². The van der Waals surface area contributed by atoms with Gasteiger partial charge in [0.1, 0.15) is 0 Å². The number of hydrogen-bond acceptors (Lipinski definition) is 2. The van der Waals surface area contributed by atoms with E-state index in [0.717, 1.165) is 24.3 Å². The molecule has 1 heterocycles. The topological polar surface area (TPSA) is 12.0 Å². The lowest BCUT2D eigenvalue weighted by molar-refractivity contribution is 0.110. The summed E-state index contributed by atoms with van der Waals surface area (Å²) in [5.41, 5.74) is 0. The van der Waals surface area contributed by atoms with Gasteiger partial charge >= 0.3 is 0 Å². The van der Waals surface area contributed by atoms with Gasteiger partial charge in [-0.25, -0.2) is 0 Å². The predicted octanol–water partition coefficient (Wildman–Crippen LogP) is 5.77. The van der Waals surface area contributed by atoms with Gasteiger partial charge in [-0.1, -0.05) is 32.6 Å². The van der Waals surface area contributed by atoms with Crippen LogP contribution < -0.4 is 5.32 Å². The smallest absolute Gasteiger partial charge is 0.0454 e. The molecule has 0 saturated heterocycles. The summed E-state index contributed by atoms with van der Waals surface area (Å²) >= 11 is 5.65. The summed E-state index contributed by atoms with van der Waals surface area (Å²) in [6.07, 6.45) is 10.3. The Bertz CT molecular complexity index is 430. The van der Waals surface area contributed by atoms with Crippen LogP contribution in [0.5, 0.6) is 0 Å². The average molecular weight is 356 g/mol. The molecule has 0 amide bonds. The number of halogens is 1. The van der Waals surface area contributed by atoms with Crippen LogP contribution in [0.25, 0.3) is 0 Å². The minimum atomic E-state index is 0.567. The molecular formula is C17H26BrNS. The van der Waals surface area contributed by atoms with Crippen LogP contribution in [0.4, 0.5) is 0 Å². The highest BCUT2D eigenvalue weighted by molar-refractivity contribution is 9.10. The van der Waals surface area contributed by atoms with Crippen molar-refractivity contribution < 1.29 is 0 Å². The Kier molecular flexibility index (Phi) is 5.22. The first-order valence-electron chi connectivity index (χ1n) is 8.25. The number of nitrogens with one attached hydrogen (secondary N) is 1. The SMILES string of the molecule is CCNC(c1sccc1Br)C1CCC2CCCCC2C1. The Balaban J connectivity index is 1.73. The minimum Gasteiger partial charge on any atom is -0.309 e. The van der Waals surface area contributed by atoms with Crippen LogP contribution in [-0.4, -0.2) is 6.54 Å². The fraction of sp³-hybridized carbons (Fsp3) is 0.765. The molecule has 0 bridgehead atoms. The molecule has 1 aromatic rings. The van der Waals surface area contributed by atoms with Crippen LogP contribution in [0, 0.1) is 17.8 Å². The van der Waals surface area contributed by atoms with Crippen LogP contribution in [0.1, 0.15) is 62.8 Å². The van der Waals surface area contributed by atoms with Gasteiger partial charge in [0.25, 0.3) is 0 Å². The highest BCUT2D eigenvalue weighted by Gasteiger charge is 2.36. The van der Waals surface area contributed by atoms with E-state index in [-0.39, 0.29) is 0 Å². The predicted molar refractivity (Wildman–Crippen MR) is 91.2 cm³/mol. The second-order valence-electron chi connectivity index (χ2n) is 6.55. The molecule has 0 radical (unpaired) electrons. The molecule has 112 valence electrons. The molecule has 3 heteroatoms. The van der Waals surface area contributed by atoms with Crippen LogP contribution in [0.15, 0.2) is 15.9 Å². The van der Waals surface area contributed by atoms with E-state index in [1.54, 1.807) is 0 Å². The van der Waals surface area contributed by atoms with Gasteiger partial charge in [-0.15, -0.1) is 11.3 Å². The highest BCUT2D eigenvalue weighted by atomic mass is 79.9. The molecule has 20 heavy (non-hydrogen) atoms. The molecular weight excluding hydrogens is 330 g/mol.